The van der Waals surface area contributed by atoms with Crippen LogP contribution in [-0.2, 0) is 14.4 Å². The zero-order valence-electron chi connectivity index (χ0n) is 16.6. The molecule has 1 saturated heterocycles. The number of rotatable bonds is 8. The normalized spacial score (nSPS) is 17.9. The molecule has 2 N–H and O–H groups in total. The van der Waals surface area contributed by atoms with Crippen molar-refractivity contribution in [2.45, 2.75) is 31.7 Å². The minimum Gasteiger partial charge on any atom is -0.507 e. The Morgan fingerprint density at radius 2 is 1.61 bits per heavy atom. The minimum atomic E-state index is -0.865. The van der Waals surface area contributed by atoms with E-state index in [0.717, 1.165) is 4.47 Å². The fourth-order valence-corrected chi connectivity index (χ4v) is 3.99. The van der Waals surface area contributed by atoms with Gasteiger partial charge in [0.1, 0.15) is 5.76 Å². The topological polar surface area (TPSA) is 94.9 Å². The quantitative estimate of drug-likeness (QED) is 0.223. The number of hydrogen-bond acceptors (Lipinski definition) is 4. The van der Waals surface area contributed by atoms with E-state index >= 15 is 0 Å². The van der Waals surface area contributed by atoms with Crippen LogP contribution in [-0.4, -0.2) is 39.3 Å². The van der Waals surface area contributed by atoms with E-state index in [9.17, 15) is 19.5 Å². The van der Waals surface area contributed by atoms with E-state index in [1.807, 2.05) is 0 Å². The number of likely N-dealkylation sites (tertiary alicyclic amines) is 1. The molecular weight excluding hydrogens is 486 g/mol. The second-order valence-corrected chi connectivity index (χ2v) is 8.61. The van der Waals surface area contributed by atoms with Gasteiger partial charge in [-0.1, -0.05) is 58.2 Å². The van der Waals surface area contributed by atoms with Crippen molar-refractivity contribution in [2.75, 3.05) is 6.54 Å². The van der Waals surface area contributed by atoms with E-state index in [0.29, 0.717) is 35.4 Å². The molecule has 0 unspecified atom stereocenters. The maximum atomic E-state index is 12.9. The number of carbonyl (C=O) groups excluding carboxylic acids is 2. The fourth-order valence-electron chi connectivity index (χ4n) is 3.60. The van der Waals surface area contributed by atoms with Crippen molar-refractivity contribution in [1.29, 1.82) is 0 Å². The zero-order valence-corrected chi connectivity index (χ0v) is 18.9. The van der Waals surface area contributed by atoms with E-state index in [4.69, 9.17) is 16.7 Å². The zero-order chi connectivity index (χ0) is 22.5. The Morgan fingerprint density at radius 1 is 0.968 bits per heavy atom. The SMILES string of the molecule is O=C(O)CCCCCN1C(=O)C(=O)C(=C(O)c2ccc(Br)cc2)[C@@H]1c1ccc(Cl)cc1. The largest absolute Gasteiger partial charge is 0.507 e. The van der Waals surface area contributed by atoms with Crippen molar-refractivity contribution in [2.24, 2.45) is 0 Å². The summed E-state index contributed by atoms with van der Waals surface area (Å²) in [6.45, 7) is 0.272. The number of amides is 1. The summed E-state index contributed by atoms with van der Waals surface area (Å²) in [6, 6.07) is 12.9. The number of hydrogen-bond donors (Lipinski definition) is 2. The number of Topliss-reactive ketones (excluding diaryl/α,β-unsaturated/α-hetero) is 1. The molecule has 0 radical (unpaired) electrons. The van der Waals surface area contributed by atoms with Crippen LogP contribution in [0, 0.1) is 0 Å². The van der Waals surface area contributed by atoms with Gasteiger partial charge in [0.05, 0.1) is 11.6 Å². The summed E-state index contributed by atoms with van der Waals surface area (Å²) in [5.41, 5.74) is 1.12. The fraction of sp³-hybridized carbons (Fsp3) is 0.261. The number of carbonyl (C=O) groups is 3. The molecule has 0 bridgehead atoms. The maximum Gasteiger partial charge on any atom is 0.303 e. The first-order valence-corrected chi connectivity index (χ1v) is 11.0. The third kappa shape index (κ3) is 5.35. The van der Waals surface area contributed by atoms with Crippen LogP contribution in [0.4, 0.5) is 0 Å². The Kier molecular flexibility index (Phi) is 7.51. The standard InChI is InChI=1S/C23H21BrClNO5/c24-16-9-5-15(6-10-16)21(29)19-20(14-7-11-17(25)12-8-14)26(23(31)22(19)30)13-3-1-2-4-18(27)28/h5-12,20,29H,1-4,13H2,(H,27,28)/t20-/m0/s1. The molecule has 3 rings (SSSR count). The Bertz CT molecular complexity index is 1020. The number of unbranched alkanes of at least 4 members (excludes halogenated alkanes) is 2. The highest BCUT2D eigenvalue weighted by Crippen LogP contribution is 2.40. The average molecular weight is 507 g/mol. The summed E-state index contributed by atoms with van der Waals surface area (Å²) in [5.74, 6) is -2.53. The highest BCUT2D eigenvalue weighted by Gasteiger charge is 2.45. The molecule has 1 aliphatic heterocycles. The lowest BCUT2D eigenvalue weighted by atomic mass is 9.95. The molecule has 2 aromatic carbocycles. The monoisotopic (exact) mass is 505 g/mol. The summed E-state index contributed by atoms with van der Waals surface area (Å²) >= 11 is 9.34. The van der Waals surface area contributed by atoms with Crippen LogP contribution < -0.4 is 0 Å². The van der Waals surface area contributed by atoms with E-state index in [-0.39, 0.29) is 24.3 Å². The smallest absolute Gasteiger partial charge is 0.303 e. The first-order valence-electron chi connectivity index (χ1n) is 9.81. The summed E-state index contributed by atoms with van der Waals surface area (Å²) in [6.07, 6.45) is 1.70. The molecule has 0 saturated carbocycles. The number of halogens is 2. The van der Waals surface area contributed by atoms with Crippen LogP contribution >= 0.6 is 27.5 Å². The van der Waals surface area contributed by atoms with E-state index in [1.165, 1.54) is 4.90 Å². The molecule has 1 fully saturated rings. The molecule has 8 heteroatoms. The van der Waals surface area contributed by atoms with Gasteiger partial charge in [-0.05, 0) is 42.7 Å². The molecule has 162 valence electrons. The Hall–Kier alpha value is -2.64. The van der Waals surface area contributed by atoms with Crippen LogP contribution in [0.25, 0.3) is 5.76 Å². The summed E-state index contributed by atoms with van der Waals surface area (Å²) in [7, 11) is 0. The molecular formula is C23H21BrClNO5. The molecule has 2 aromatic rings. The van der Waals surface area contributed by atoms with Crippen molar-refractivity contribution in [1.82, 2.24) is 4.90 Å². The van der Waals surface area contributed by atoms with Gasteiger partial charge in [-0.15, -0.1) is 0 Å². The number of carboxylic acid groups (broad SMARTS) is 1. The van der Waals surface area contributed by atoms with Crippen LogP contribution in [0.3, 0.4) is 0 Å². The van der Waals surface area contributed by atoms with Gasteiger partial charge in [-0.2, -0.15) is 0 Å². The highest BCUT2D eigenvalue weighted by molar-refractivity contribution is 9.10. The van der Waals surface area contributed by atoms with Crippen LogP contribution in [0.5, 0.6) is 0 Å². The molecule has 0 aliphatic carbocycles. The van der Waals surface area contributed by atoms with Crippen molar-refractivity contribution >= 4 is 50.9 Å². The lowest BCUT2D eigenvalue weighted by molar-refractivity contribution is -0.140. The van der Waals surface area contributed by atoms with Gasteiger partial charge in [0, 0.05) is 28.0 Å². The molecule has 31 heavy (non-hydrogen) atoms. The highest BCUT2D eigenvalue weighted by atomic mass is 79.9. The molecule has 0 spiro atoms. The van der Waals surface area contributed by atoms with Gasteiger partial charge in [0.15, 0.2) is 0 Å². The second-order valence-electron chi connectivity index (χ2n) is 7.26. The van der Waals surface area contributed by atoms with Gasteiger partial charge >= 0.3 is 5.97 Å². The lowest BCUT2D eigenvalue weighted by Gasteiger charge is -2.25. The number of benzene rings is 2. The van der Waals surface area contributed by atoms with E-state index in [2.05, 4.69) is 15.9 Å². The minimum absolute atomic E-state index is 0.0279. The average Bonchev–Trinajstić information content (AvgIpc) is 2.99. The Morgan fingerprint density at radius 3 is 2.23 bits per heavy atom. The van der Waals surface area contributed by atoms with Crippen LogP contribution in [0.1, 0.15) is 42.9 Å². The number of aliphatic carboxylic acids is 1. The summed E-state index contributed by atoms with van der Waals surface area (Å²) < 4.78 is 0.820. The van der Waals surface area contributed by atoms with Crippen LogP contribution in [0.2, 0.25) is 5.02 Å². The molecule has 0 aromatic heterocycles. The Labute approximate surface area is 193 Å². The van der Waals surface area contributed by atoms with Crippen molar-refractivity contribution in [3.05, 3.63) is 74.7 Å². The maximum absolute atomic E-state index is 12.9. The van der Waals surface area contributed by atoms with E-state index < -0.39 is 23.7 Å². The first kappa shape index (κ1) is 23.0. The molecule has 1 atom stereocenters. The molecule has 1 heterocycles. The van der Waals surface area contributed by atoms with Gasteiger partial charge in [-0.3, -0.25) is 14.4 Å². The van der Waals surface area contributed by atoms with Gasteiger partial charge in [-0.25, -0.2) is 0 Å². The summed E-state index contributed by atoms with van der Waals surface area (Å²) in [4.78, 5) is 37.9. The number of aliphatic hydroxyl groups excluding tert-OH is 1. The summed E-state index contributed by atoms with van der Waals surface area (Å²) in [5, 5.41) is 20.2. The third-order valence-corrected chi connectivity index (χ3v) is 5.91. The van der Waals surface area contributed by atoms with Crippen molar-refractivity contribution < 1.29 is 24.6 Å². The second kappa shape index (κ2) is 10.1. The molecule has 1 aliphatic rings. The first-order chi connectivity index (χ1) is 14.8. The molecule has 1 amide bonds. The van der Waals surface area contributed by atoms with Crippen LogP contribution in [0.15, 0.2) is 58.6 Å². The number of ketones is 1. The van der Waals surface area contributed by atoms with Crippen molar-refractivity contribution in [3.8, 4) is 0 Å². The Balaban J connectivity index is 1.96. The third-order valence-electron chi connectivity index (χ3n) is 5.13. The predicted octanol–water partition coefficient (Wildman–Crippen LogP) is 5.17. The van der Waals surface area contributed by atoms with Gasteiger partial charge in [0.25, 0.3) is 11.7 Å². The predicted molar refractivity (Wildman–Crippen MR) is 121 cm³/mol. The number of aliphatic hydroxyl groups is 1. The molecule has 6 nitrogen and oxygen atoms in total. The van der Waals surface area contributed by atoms with Gasteiger partial charge in [0.2, 0.25) is 0 Å². The van der Waals surface area contributed by atoms with Gasteiger partial charge < -0.3 is 15.1 Å². The number of carboxylic acids is 1. The lowest BCUT2D eigenvalue weighted by Crippen LogP contribution is -2.30. The van der Waals surface area contributed by atoms with E-state index in [1.54, 1.807) is 48.5 Å². The number of nitrogens with zero attached hydrogens (tertiary/aromatic N) is 1. The van der Waals surface area contributed by atoms with Crippen molar-refractivity contribution in [3.63, 3.8) is 0 Å².